The number of hydrogen-bond donors (Lipinski definition) is 2. The number of carbonyl (C=O) groups is 1. The van der Waals surface area contributed by atoms with Gasteiger partial charge in [-0.2, -0.15) is 10.5 Å². The number of likely N-dealkylation sites (N-methyl/N-ethyl adjacent to an activating group) is 1. The van der Waals surface area contributed by atoms with Crippen LogP contribution in [-0.4, -0.2) is 23.8 Å². The van der Waals surface area contributed by atoms with E-state index < -0.39 is 22.7 Å². The summed E-state index contributed by atoms with van der Waals surface area (Å²) in [7, 11) is 1.56. The molecule has 3 aromatic rings. The molecule has 0 bridgehead atoms. The molecule has 1 aliphatic heterocycles. The standard InChI is InChI=1S/C27H24FN5OS/c1-26(2,15-30)20-7-5-17(6-8-20)23-24(34)33(4)25(31)32-27(23,3)22-12-19(14-35-22)18-9-16(13-29)10-21(28)11-18/h5-12,14,23H,1-4H3,(H2,31,32)/t23-,27-/m1/s1. The van der Waals surface area contributed by atoms with Crippen LogP contribution in [0.4, 0.5) is 4.39 Å². The summed E-state index contributed by atoms with van der Waals surface area (Å²) in [5, 5.41) is 32.1. The van der Waals surface area contributed by atoms with Gasteiger partial charge in [0.1, 0.15) is 5.82 Å². The number of nitriles is 2. The minimum absolute atomic E-state index is 0.0107. The van der Waals surface area contributed by atoms with Crippen LogP contribution in [-0.2, 0) is 15.7 Å². The van der Waals surface area contributed by atoms with Gasteiger partial charge in [-0.15, -0.1) is 11.3 Å². The lowest BCUT2D eigenvalue weighted by Gasteiger charge is -2.45. The van der Waals surface area contributed by atoms with Crippen molar-refractivity contribution in [3.05, 3.63) is 81.3 Å². The molecule has 35 heavy (non-hydrogen) atoms. The molecular weight excluding hydrogens is 461 g/mol. The van der Waals surface area contributed by atoms with E-state index in [1.807, 2.05) is 62.6 Å². The second-order valence-electron chi connectivity index (χ2n) is 9.41. The molecule has 1 aliphatic rings. The Morgan fingerprint density at radius 1 is 1.14 bits per heavy atom. The van der Waals surface area contributed by atoms with E-state index in [0.29, 0.717) is 5.56 Å². The van der Waals surface area contributed by atoms with E-state index in [1.165, 1.54) is 28.4 Å². The second-order valence-corrected chi connectivity index (χ2v) is 10.3. The lowest BCUT2D eigenvalue weighted by Crippen LogP contribution is -2.62. The molecule has 0 spiro atoms. The molecule has 6 nitrogen and oxygen atoms in total. The minimum atomic E-state index is -0.943. The summed E-state index contributed by atoms with van der Waals surface area (Å²) in [6, 6.07) is 17.8. The van der Waals surface area contributed by atoms with Crippen LogP contribution in [0, 0.1) is 33.9 Å². The molecule has 2 aromatic carbocycles. The number of rotatable bonds is 4. The second kappa shape index (κ2) is 8.65. The van der Waals surface area contributed by atoms with Gasteiger partial charge in [-0.1, -0.05) is 24.3 Å². The Kier molecular flexibility index (Phi) is 5.96. The van der Waals surface area contributed by atoms with E-state index in [2.05, 4.69) is 11.4 Å². The first-order chi connectivity index (χ1) is 16.5. The van der Waals surface area contributed by atoms with Crippen LogP contribution in [0.5, 0.6) is 0 Å². The Morgan fingerprint density at radius 2 is 1.83 bits per heavy atom. The Hall–Kier alpha value is -4.01. The number of halogens is 1. The van der Waals surface area contributed by atoms with Gasteiger partial charge < -0.3 is 5.32 Å². The Morgan fingerprint density at radius 3 is 2.46 bits per heavy atom. The molecule has 1 aromatic heterocycles. The lowest BCUT2D eigenvalue weighted by molar-refractivity contribution is -0.131. The fraction of sp³-hybridized carbons (Fsp3) is 0.259. The average molecular weight is 486 g/mol. The summed E-state index contributed by atoms with van der Waals surface area (Å²) in [6.45, 7) is 5.56. The van der Waals surface area contributed by atoms with Crippen molar-refractivity contribution in [2.75, 3.05) is 7.05 Å². The van der Waals surface area contributed by atoms with Crippen molar-refractivity contribution in [3.63, 3.8) is 0 Å². The molecule has 2 heterocycles. The smallest absolute Gasteiger partial charge is 0.239 e. The highest BCUT2D eigenvalue weighted by Crippen LogP contribution is 2.44. The van der Waals surface area contributed by atoms with Gasteiger partial charge in [-0.3, -0.25) is 15.1 Å². The summed E-state index contributed by atoms with van der Waals surface area (Å²) in [5.41, 5.74) is 1.53. The number of nitrogens with one attached hydrogen (secondary N) is 2. The Labute approximate surface area is 207 Å². The molecule has 2 N–H and O–H groups in total. The predicted octanol–water partition coefficient (Wildman–Crippen LogP) is 5.22. The van der Waals surface area contributed by atoms with Crippen LogP contribution in [0.1, 0.15) is 48.3 Å². The number of benzene rings is 2. The Balaban J connectivity index is 1.80. The van der Waals surface area contributed by atoms with Crippen LogP contribution in [0.25, 0.3) is 11.1 Å². The van der Waals surface area contributed by atoms with Gasteiger partial charge in [0.15, 0.2) is 5.96 Å². The first kappa shape index (κ1) is 24.1. The van der Waals surface area contributed by atoms with Crippen LogP contribution >= 0.6 is 11.3 Å². The Bertz CT molecular complexity index is 1410. The zero-order chi connectivity index (χ0) is 25.5. The lowest BCUT2D eigenvalue weighted by atomic mass is 9.75. The molecule has 0 saturated carbocycles. The highest BCUT2D eigenvalue weighted by molar-refractivity contribution is 7.10. The number of nitrogens with zero attached hydrogens (tertiary/aromatic N) is 3. The maximum Gasteiger partial charge on any atom is 0.239 e. The monoisotopic (exact) mass is 485 g/mol. The zero-order valence-electron chi connectivity index (χ0n) is 19.8. The maximum atomic E-state index is 14.0. The number of hydrogen-bond acceptors (Lipinski definition) is 5. The molecule has 1 amide bonds. The van der Waals surface area contributed by atoms with Crippen molar-refractivity contribution in [3.8, 4) is 23.3 Å². The summed E-state index contributed by atoms with van der Waals surface area (Å²) in [6.07, 6.45) is 0. The fourth-order valence-electron chi connectivity index (χ4n) is 4.37. The molecule has 8 heteroatoms. The van der Waals surface area contributed by atoms with Gasteiger partial charge in [-0.05, 0) is 72.7 Å². The molecule has 1 fully saturated rings. The highest BCUT2D eigenvalue weighted by atomic mass is 32.1. The fourth-order valence-corrected chi connectivity index (χ4v) is 5.44. The molecule has 0 unspecified atom stereocenters. The molecule has 2 atom stereocenters. The van der Waals surface area contributed by atoms with Crippen molar-refractivity contribution in [2.45, 2.75) is 37.6 Å². The van der Waals surface area contributed by atoms with Gasteiger partial charge in [0.2, 0.25) is 5.91 Å². The molecule has 0 aliphatic carbocycles. The maximum absolute atomic E-state index is 14.0. The van der Waals surface area contributed by atoms with Gasteiger partial charge >= 0.3 is 0 Å². The largest absolute Gasteiger partial charge is 0.345 e. The van der Waals surface area contributed by atoms with Crippen molar-refractivity contribution >= 4 is 23.2 Å². The van der Waals surface area contributed by atoms with Crippen LogP contribution in [0.15, 0.2) is 53.9 Å². The van der Waals surface area contributed by atoms with E-state index in [9.17, 15) is 19.7 Å². The van der Waals surface area contributed by atoms with E-state index in [1.54, 1.807) is 13.1 Å². The van der Waals surface area contributed by atoms with Crippen molar-refractivity contribution in [1.29, 1.82) is 15.9 Å². The minimum Gasteiger partial charge on any atom is -0.345 e. The summed E-state index contributed by atoms with van der Waals surface area (Å²) < 4.78 is 14.0. The highest BCUT2D eigenvalue weighted by Gasteiger charge is 2.49. The van der Waals surface area contributed by atoms with E-state index >= 15 is 0 Å². The molecule has 0 radical (unpaired) electrons. The van der Waals surface area contributed by atoms with Gasteiger partial charge in [0.25, 0.3) is 0 Å². The molecule has 176 valence electrons. The topological polar surface area (TPSA) is 104 Å². The quantitative estimate of drug-likeness (QED) is 0.528. The number of carbonyl (C=O) groups excluding carboxylic acids is 1. The predicted molar refractivity (Wildman–Crippen MR) is 133 cm³/mol. The molecule has 1 saturated heterocycles. The van der Waals surface area contributed by atoms with Gasteiger partial charge in [0.05, 0.1) is 34.6 Å². The number of guanidine groups is 1. The molecule has 4 rings (SSSR count). The zero-order valence-corrected chi connectivity index (χ0v) is 20.6. The van der Waals surface area contributed by atoms with E-state index in [0.717, 1.165) is 21.6 Å². The summed E-state index contributed by atoms with van der Waals surface area (Å²) in [5.74, 6) is -1.38. The number of amides is 1. The third-order valence-electron chi connectivity index (χ3n) is 6.59. The van der Waals surface area contributed by atoms with Crippen LogP contribution in [0.3, 0.4) is 0 Å². The van der Waals surface area contributed by atoms with Crippen molar-refractivity contribution in [2.24, 2.45) is 0 Å². The van der Waals surface area contributed by atoms with Gasteiger partial charge in [-0.25, -0.2) is 4.39 Å². The first-order valence-electron chi connectivity index (χ1n) is 11.0. The SMILES string of the molecule is CN1C(=N)N[C@](C)(c2cc(-c3cc(F)cc(C#N)c3)cs2)[C@H](c2ccc(C(C)(C)C#N)cc2)C1=O. The third kappa shape index (κ3) is 4.18. The third-order valence-corrected chi connectivity index (χ3v) is 7.75. The van der Waals surface area contributed by atoms with Crippen LogP contribution in [0.2, 0.25) is 0 Å². The van der Waals surface area contributed by atoms with Crippen molar-refractivity contribution in [1.82, 2.24) is 10.2 Å². The normalized spacial score (nSPS) is 20.2. The summed E-state index contributed by atoms with van der Waals surface area (Å²) >= 11 is 1.41. The average Bonchev–Trinajstić information content (AvgIpc) is 3.34. The van der Waals surface area contributed by atoms with Gasteiger partial charge in [0, 0.05) is 11.9 Å². The first-order valence-corrected chi connectivity index (χ1v) is 11.8. The number of thiophene rings is 1. The molecular formula is C27H24FN5OS. The van der Waals surface area contributed by atoms with E-state index in [4.69, 9.17) is 5.41 Å². The van der Waals surface area contributed by atoms with Crippen LogP contribution < -0.4 is 5.32 Å². The van der Waals surface area contributed by atoms with Crippen molar-refractivity contribution < 1.29 is 9.18 Å². The van der Waals surface area contributed by atoms with E-state index in [-0.39, 0.29) is 17.4 Å². The summed E-state index contributed by atoms with van der Waals surface area (Å²) in [4.78, 5) is 15.6.